The second-order valence-corrected chi connectivity index (χ2v) is 10.4. The molecule has 14 heavy (non-hydrogen) atoms. The van der Waals surface area contributed by atoms with Crippen molar-refractivity contribution in [2.45, 2.75) is 26.6 Å². The van der Waals surface area contributed by atoms with Gasteiger partial charge in [-0.25, -0.2) is 4.79 Å². The van der Waals surface area contributed by atoms with Crippen LogP contribution in [0.25, 0.3) is 0 Å². The molecule has 0 fully saturated rings. The standard InChI is InChI=1S/C9H15NO2SSi/c1-5-12-8(11)7-6-10-9(13-7)14(2,3)4/h6H,5H2,1-4H3. The molecule has 0 aliphatic rings. The second-order valence-electron chi connectivity index (χ2n) is 4.00. The highest BCUT2D eigenvalue weighted by atomic mass is 32.1. The normalized spacial score (nSPS) is 11.4. The average molecular weight is 229 g/mol. The number of esters is 1. The Bertz CT molecular complexity index is 330. The van der Waals surface area contributed by atoms with Gasteiger partial charge in [-0.05, 0) is 6.92 Å². The van der Waals surface area contributed by atoms with Crippen molar-refractivity contribution >= 4 is 30.0 Å². The van der Waals surface area contributed by atoms with Crippen LogP contribution >= 0.6 is 11.3 Å². The maximum Gasteiger partial charge on any atom is 0.349 e. The van der Waals surface area contributed by atoms with E-state index < -0.39 is 8.07 Å². The Morgan fingerprint density at radius 2 is 2.21 bits per heavy atom. The SMILES string of the molecule is CCOC(=O)c1cnc([Si](C)(C)C)s1. The highest BCUT2D eigenvalue weighted by Gasteiger charge is 2.22. The molecule has 0 bridgehead atoms. The fourth-order valence-electron chi connectivity index (χ4n) is 0.917. The molecular weight excluding hydrogens is 214 g/mol. The third kappa shape index (κ3) is 2.65. The molecular formula is C9H15NO2SSi. The summed E-state index contributed by atoms with van der Waals surface area (Å²) in [5.74, 6) is -0.255. The maximum atomic E-state index is 11.3. The zero-order valence-electron chi connectivity index (χ0n) is 8.96. The predicted molar refractivity (Wildman–Crippen MR) is 61.1 cm³/mol. The van der Waals surface area contributed by atoms with E-state index in [-0.39, 0.29) is 5.97 Å². The number of carbonyl (C=O) groups is 1. The molecule has 3 nitrogen and oxygen atoms in total. The van der Waals surface area contributed by atoms with Crippen molar-refractivity contribution in [3.05, 3.63) is 11.1 Å². The first kappa shape index (κ1) is 11.4. The van der Waals surface area contributed by atoms with Crippen LogP contribution in [0.3, 0.4) is 0 Å². The summed E-state index contributed by atoms with van der Waals surface area (Å²) < 4.78 is 6.00. The lowest BCUT2D eigenvalue weighted by Crippen LogP contribution is -2.36. The van der Waals surface area contributed by atoms with Crippen LogP contribution in [0.2, 0.25) is 19.6 Å². The van der Waals surface area contributed by atoms with Crippen molar-refractivity contribution in [2.75, 3.05) is 6.61 Å². The lowest BCUT2D eigenvalue weighted by atomic mass is 10.6. The van der Waals surface area contributed by atoms with E-state index in [0.717, 1.165) is 4.63 Å². The predicted octanol–water partition coefficient (Wildman–Crippen LogP) is 1.86. The van der Waals surface area contributed by atoms with Crippen LogP contribution in [-0.2, 0) is 4.74 Å². The summed E-state index contributed by atoms with van der Waals surface area (Å²) in [5.41, 5.74) is 0. The molecule has 1 aromatic rings. The molecule has 0 N–H and O–H groups in total. The molecule has 0 amide bonds. The van der Waals surface area contributed by atoms with E-state index >= 15 is 0 Å². The van der Waals surface area contributed by atoms with Crippen LogP contribution in [0.1, 0.15) is 16.6 Å². The maximum absolute atomic E-state index is 11.3. The quantitative estimate of drug-likeness (QED) is 0.587. The van der Waals surface area contributed by atoms with E-state index in [0.29, 0.717) is 11.5 Å². The van der Waals surface area contributed by atoms with E-state index in [9.17, 15) is 4.79 Å². The molecule has 1 aromatic heterocycles. The third-order valence-corrected chi connectivity index (χ3v) is 5.97. The van der Waals surface area contributed by atoms with Crippen LogP contribution in [0.15, 0.2) is 6.20 Å². The molecule has 0 aromatic carbocycles. The van der Waals surface area contributed by atoms with Gasteiger partial charge in [-0.2, -0.15) is 0 Å². The molecule has 1 rings (SSSR count). The average Bonchev–Trinajstić information content (AvgIpc) is 2.51. The van der Waals surface area contributed by atoms with Gasteiger partial charge in [0.2, 0.25) is 0 Å². The Labute approximate surface area is 89.1 Å². The summed E-state index contributed by atoms with van der Waals surface area (Å²) in [6.07, 6.45) is 1.62. The van der Waals surface area contributed by atoms with E-state index in [1.54, 1.807) is 13.1 Å². The minimum absolute atomic E-state index is 0.255. The van der Waals surface area contributed by atoms with E-state index in [4.69, 9.17) is 4.74 Å². The smallest absolute Gasteiger partial charge is 0.349 e. The van der Waals surface area contributed by atoms with Gasteiger partial charge in [0.1, 0.15) is 13.0 Å². The van der Waals surface area contributed by atoms with Gasteiger partial charge in [0.15, 0.2) is 0 Å². The first-order valence-electron chi connectivity index (χ1n) is 4.58. The van der Waals surface area contributed by atoms with Gasteiger partial charge >= 0.3 is 5.97 Å². The Kier molecular flexibility index (Phi) is 3.44. The molecule has 0 saturated heterocycles. The Morgan fingerprint density at radius 1 is 1.57 bits per heavy atom. The fraction of sp³-hybridized carbons (Fsp3) is 0.556. The fourth-order valence-corrected chi connectivity index (χ4v) is 3.49. The van der Waals surface area contributed by atoms with Crippen molar-refractivity contribution in [1.82, 2.24) is 4.98 Å². The first-order chi connectivity index (χ1) is 6.45. The van der Waals surface area contributed by atoms with Crippen molar-refractivity contribution < 1.29 is 9.53 Å². The summed E-state index contributed by atoms with van der Waals surface area (Å²) in [6.45, 7) is 8.85. The number of rotatable bonds is 3. The van der Waals surface area contributed by atoms with Crippen molar-refractivity contribution in [3.8, 4) is 0 Å². The van der Waals surface area contributed by atoms with Crippen molar-refractivity contribution in [3.63, 3.8) is 0 Å². The number of carbonyl (C=O) groups excluding carboxylic acids is 1. The summed E-state index contributed by atoms with van der Waals surface area (Å²) in [4.78, 5) is 16.2. The van der Waals surface area contributed by atoms with Crippen LogP contribution in [-0.4, -0.2) is 25.6 Å². The first-order valence-corrected chi connectivity index (χ1v) is 8.90. The Hall–Kier alpha value is -0.683. The van der Waals surface area contributed by atoms with Crippen molar-refractivity contribution in [2.24, 2.45) is 0 Å². The molecule has 0 atom stereocenters. The molecule has 5 heteroatoms. The number of thiazole rings is 1. The molecule has 78 valence electrons. The van der Waals surface area contributed by atoms with Gasteiger partial charge in [0.05, 0.1) is 17.4 Å². The zero-order chi connectivity index (χ0) is 10.8. The molecule has 0 saturated carbocycles. The molecule has 0 aliphatic heterocycles. The number of aromatic nitrogens is 1. The van der Waals surface area contributed by atoms with E-state index in [1.807, 2.05) is 0 Å². The number of hydrogen-bond donors (Lipinski definition) is 0. The van der Waals surface area contributed by atoms with Gasteiger partial charge in [-0.3, -0.25) is 4.98 Å². The molecule has 0 unspecified atom stereocenters. The Morgan fingerprint density at radius 3 is 2.64 bits per heavy atom. The molecule has 0 spiro atoms. The van der Waals surface area contributed by atoms with E-state index in [2.05, 4.69) is 24.6 Å². The summed E-state index contributed by atoms with van der Waals surface area (Å²) in [7, 11) is -1.38. The van der Waals surface area contributed by atoms with Crippen LogP contribution in [0, 0.1) is 0 Å². The van der Waals surface area contributed by atoms with Crippen LogP contribution in [0.5, 0.6) is 0 Å². The van der Waals surface area contributed by atoms with Gasteiger partial charge in [0.25, 0.3) is 0 Å². The third-order valence-electron chi connectivity index (χ3n) is 1.62. The minimum atomic E-state index is -1.38. The summed E-state index contributed by atoms with van der Waals surface area (Å²) in [6, 6.07) is 0. The van der Waals surface area contributed by atoms with Crippen LogP contribution in [0.4, 0.5) is 0 Å². The minimum Gasteiger partial charge on any atom is -0.462 e. The summed E-state index contributed by atoms with van der Waals surface area (Å²) in [5, 5.41) is 0. The zero-order valence-corrected chi connectivity index (χ0v) is 10.8. The van der Waals surface area contributed by atoms with E-state index in [1.165, 1.54) is 11.3 Å². The topological polar surface area (TPSA) is 39.2 Å². The molecule has 0 radical (unpaired) electrons. The van der Waals surface area contributed by atoms with Gasteiger partial charge < -0.3 is 4.74 Å². The monoisotopic (exact) mass is 229 g/mol. The van der Waals surface area contributed by atoms with Crippen LogP contribution < -0.4 is 4.63 Å². The Balaban J connectivity index is 2.83. The van der Waals surface area contributed by atoms with Gasteiger partial charge in [0, 0.05) is 0 Å². The lowest BCUT2D eigenvalue weighted by molar-refractivity contribution is 0.0532. The van der Waals surface area contributed by atoms with Crippen molar-refractivity contribution in [1.29, 1.82) is 0 Å². The largest absolute Gasteiger partial charge is 0.462 e. The molecule has 0 aliphatic carbocycles. The highest BCUT2D eigenvalue weighted by molar-refractivity contribution is 7.27. The number of ether oxygens (including phenoxy) is 1. The lowest BCUT2D eigenvalue weighted by Gasteiger charge is -2.10. The van der Waals surface area contributed by atoms with Gasteiger partial charge in [-0.15, -0.1) is 11.3 Å². The highest BCUT2D eigenvalue weighted by Crippen LogP contribution is 2.11. The number of hydrogen-bond acceptors (Lipinski definition) is 4. The van der Waals surface area contributed by atoms with Gasteiger partial charge in [-0.1, -0.05) is 19.6 Å². The second kappa shape index (κ2) is 4.23. The molecule has 1 heterocycles. The summed E-state index contributed by atoms with van der Waals surface area (Å²) >= 11 is 1.46. The number of nitrogens with zero attached hydrogens (tertiary/aromatic N) is 1.